The fraction of sp³-hybridized carbons (Fsp3) is 0.789. The molecule has 0 heterocycles. The summed E-state index contributed by atoms with van der Waals surface area (Å²) in [4.78, 5) is 16.5. The summed E-state index contributed by atoms with van der Waals surface area (Å²) in [6, 6.07) is 0.503. The molecule has 0 amide bonds. The van der Waals surface area contributed by atoms with Gasteiger partial charge in [-0.3, -0.25) is 9.79 Å². The Bertz CT molecular complexity index is 435. The minimum absolute atomic E-state index is 0.0329. The highest BCUT2D eigenvalue weighted by Crippen LogP contribution is 2.43. The smallest absolute Gasteiger partial charge is 0.305 e. The van der Waals surface area contributed by atoms with Crippen LogP contribution in [0.25, 0.3) is 0 Å². The number of carbonyl (C=O) groups excluding carboxylic acids is 1. The van der Waals surface area contributed by atoms with Crippen LogP contribution >= 0.6 is 0 Å². The predicted molar refractivity (Wildman–Crippen MR) is 91.2 cm³/mol. The quantitative estimate of drug-likeness (QED) is 0.419. The van der Waals surface area contributed by atoms with Crippen molar-refractivity contribution in [1.82, 2.24) is 0 Å². The molecule has 1 fully saturated rings. The Morgan fingerprint density at radius 2 is 2.14 bits per heavy atom. The minimum Gasteiger partial charge on any atom is -0.469 e. The molecular formula is C19H31NO2. The van der Waals surface area contributed by atoms with Crippen molar-refractivity contribution in [1.29, 1.82) is 0 Å². The number of rotatable bonds is 5. The van der Waals surface area contributed by atoms with Gasteiger partial charge in [0, 0.05) is 24.1 Å². The lowest BCUT2D eigenvalue weighted by Gasteiger charge is -2.39. The molecule has 2 aliphatic rings. The van der Waals surface area contributed by atoms with Gasteiger partial charge in [-0.15, -0.1) is 0 Å². The second kappa shape index (κ2) is 7.94. The average molecular weight is 305 g/mol. The lowest BCUT2D eigenvalue weighted by molar-refractivity contribution is -0.141. The fourth-order valence-corrected chi connectivity index (χ4v) is 3.85. The minimum atomic E-state index is -0.107. The molecule has 3 nitrogen and oxygen atoms in total. The Morgan fingerprint density at radius 1 is 1.41 bits per heavy atom. The molecular weight excluding hydrogens is 274 g/mol. The maximum atomic E-state index is 11.6. The zero-order valence-electron chi connectivity index (χ0n) is 14.4. The first-order valence-corrected chi connectivity index (χ1v) is 8.82. The van der Waals surface area contributed by atoms with Crippen molar-refractivity contribution in [3.8, 4) is 0 Å². The molecule has 0 N–H and O–H groups in total. The van der Waals surface area contributed by atoms with Gasteiger partial charge in [0.05, 0.1) is 7.11 Å². The maximum Gasteiger partial charge on any atom is 0.305 e. The van der Waals surface area contributed by atoms with E-state index in [1.165, 1.54) is 44.8 Å². The first kappa shape index (κ1) is 17.2. The lowest BCUT2D eigenvalue weighted by Crippen LogP contribution is -2.34. The summed E-state index contributed by atoms with van der Waals surface area (Å²) in [7, 11) is 1.47. The Morgan fingerprint density at radius 3 is 2.77 bits per heavy atom. The maximum absolute atomic E-state index is 11.6. The van der Waals surface area contributed by atoms with Crippen LogP contribution in [-0.4, -0.2) is 25.3 Å². The third kappa shape index (κ3) is 4.44. The largest absolute Gasteiger partial charge is 0.469 e. The van der Waals surface area contributed by atoms with Gasteiger partial charge in [0.2, 0.25) is 0 Å². The highest BCUT2D eigenvalue weighted by molar-refractivity contribution is 5.72. The molecule has 0 aliphatic heterocycles. The van der Waals surface area contributed by atoms with E-state index in [4.69, 9.17) is 9.73 Å². The lowest BCUT2D eigenvalue weighted by atomic mass is 9.66. The molecule has 0 aromatic heterocycles. The van der Waals surface area contributed by atoms with Crippen molar-refractivity contribution in [3.63, 3.8) is 0 Å². The summed E-state index contributed by atoms with van der Waals surface area (Å²) in [5, 5.41) is 0. The number of ether oxygens (including phenoxy) is 1. The van der Waals surface area contributed by atoms with Crippen molar-refractivity contribution in [3.05, 3.63) is 11.6 Å². The molecule has 124 valence electrons. The SMILES string of the molecule is COC(=O)CCC1(/C=N/C2CCCCC2)CC=C(C)CC1C. The number of methoxy groups -OCH3 is 1. The van der Waals surface area contributed by atoms with E-state index in [1.807, 2.05) is 0 Å². The molecule has 22 heavy (non-hydrogen) atoms. The molecule has 2 aliphatic carbocycles. The van der Waals surface area contributed by atoms with Crippen molar-refractivity contribution >= 4 is 12.2 Å². The normalized spacial score (nSPS) is 30.3. The third-order valence-electron chi connectivity index (χ3n) is 5.58. The van der Waals surface area contributed by atoms with Gasteiger partial charge < -0.3 is 4.74 Å². The standard InChI is InChI=1S/C19H31NO2/c1-15-9-11-19(16(2)13-15,12-10-18(21)22-3)14-20-17-7-5-4-6-8-17/h9,14,16-17H,4-8,10-13H2,1-3H3/b20-14+. The summed E-state index contributed by atoms with van der Waals surface area (Å²) < 4.78 is 4.84. The third-order valence-corrected chi connectivity index (χ3v) is 5.58. The second-order valence-electron chi connectivity index (χ2n) is 7.24. The molecule has 2 rings (SSSR count). The molecule has 0 radical (unpaired) electrons. The molecule has 0 spiro atoms. The fourth-order valence-electron chi connectivity index (χ4n) is 3.85. The Balaban J connectivity index is 2.10. The van der Waals surface area contributed by atoms with Crippen LogP contribution in [0.15, 0.2) is 16.6 Å². The van der Waals surface area contributed by atoms with Gasteiger partial charge in [-0.1, -0.05) is 37.8 Å². The molecule has 2 atom stereocenters. The van der Waals surface area contributed by atoms with E-state index in [0.29, 0.717) is 18.4 Å². The molecule has 3 heteroatoms. The Labute approximate surface area is 135 Å². The number of hydrogen-bond acceptors (Lipinski definition) is 3. The summed E-state index contributed by atoms with van der Waals surface area (Å²) in [6.07, 6.45) is 14.5. The second-order valence-corrected chi connectivity index (χ2v) is 7.24. The van der Waals surface area contributed by atoms with Crippen LogP contribution < -0.4 is 0 Å². The van der Waals surface area contributed by atoms with Gasteiger partial charge in [0.25, 0.3) is 0 Å². The van der Waals surface area contributed by atoms with E-state index in [-0.39, 0.29) is 11.4 Å². The number of nitrogens with zero attached hydrogens (tertiary/aromatic N) is 1. The van der Waals surface area contributed by atoms with E-state index < -0.39 is 0 Å². The molecule has 0 aromatic carbocycles. The number of carbonyl (C=O) groups is 1. The van der Waals surface area contributed by atoms with Gasteiger partial charge in [0.1, 0.15) is 0 Å². The number of hydrogen-bond donors (Lipinski definition) is 0. The van der Waals surface area contributed by atoms with Crippen LogP contribution in [0.4, 0.5) is 0 Å². The van der Waals surface area contributed by atoms with Crippen LogP contribution in [0.5, 0.6) is 0 Å². The van der Waals surface area contributed by atoms with Crippen molar-refractivity contribution in [2.24, 2.45) is 16.3 Å². The summed E-state index contributed by atoms with van der Waals surface area (Å²) in [6.45, 7) is 4.51. The van der Waals surface area contributed by atoms with Crippen molar-refractivity contribution < 1.29 is 9.53 Å². The molecule has 2 unspecified atom stereocenters. The highest BCUT2D eigenvalue weighted by atomic mass is 16.5. The Hall–Kier alpha value is -1.12. The monoisotopic (exact) mass is 305 g/mol. The van der Waals surface area contributed by atoms with Gasteiger partial charge in [-0.25, -0.2) is 0 Å². The van der Waals surface area contributed by atoms with Crippen LogP contribution in [0.1, 0.15) is 71.6 Å². The van der Waals surface area contributed by atoms with E-state index in [9.17, 15) is 4.79 Å². The summed E-state index contributed by atoms with van der Waals surface area (Å²) >= 11 is 0. The average Bonchev–Trinajstić information content (AvgIpc) is 2.54. The first-order valence-electron chi connectivity index (χ1n) is 8.82. The number of esters is 1. The summed E-state index contributed by atoms with van der Waals surface area (Å²) in [5.41, 5.74) is 1.50. The topological polar surface area (TPSA) is 38.7 Å². The highest BCUT2D eigenvalue weighted by Gasteiger charge is 2.36. The van der Waals surface area contributed by atoms with Crippen LogP contribution in [-0.2, 0) is 9.53 Å². The van der Waals surface area contributed by atoms with Crippen molar-refractivity contribution in [2.75, 3.05) is 7.11 Å². The van der Waals surface area contributed by atoms with Crippen molar-refractivity contribution in [2.45, 2.75) is 77.7 Å². The predicted octanol–water partition coefficient (Wildman–Crippen LogP) is 4.71. The zero-order chi connectivity index (χ0) is 16.0. The molecule has 0 aromatic rings. The van der Waals surface area contributed by atoms with Gasteiger partial charge in [-0.05, 0) is 44.9 Å². The van der Waals surface area contributed by atoms with Gasteiger partial charge >= 0.3 is 5.97 Å². The van der Waals surface area contributed by atoms with Crippen LogP contribution in [0.2, 0.25) is 0 Å². The number of allylic oxidation sites excluding steroid dienone is 2. The molecule has 0 bridgehead atoms. The zero-order valence-corrected chi connectivity index (χ0v) is 14.4. The van der Waals surface area contributed by atoms with E-state index in [1.54, 1.807) is 0 Å². The first-order chi connectivity index (χ1) is 10.6. The van der Waals surface area contributed by atoms with Crippen LogP contribution in [0.3, 0.4) is 0 Å². The van der Waals surface area contributed by atoms with Gasteiger partial charge in [0.15, 0.2) is 0 Å². The van der Waals surface area contributed by atoms with E-state index >= 15 is 0 Å². The summed E-state index contributed by atoms with van der Waals surface area (Å²) in [5.74, 6) is 0.429. The Kier molecular flexibility index (Phi) is 6.22. The van der Waals surface area contributed by atoms with Crippen LogP contribution in [0, 0.1) is 11.3 Å². The molecule has 1 saturated carbocycles. The van der Waals surface area contributed by atoms with E-state index in [0.717, 1.165) is 19.3 Å². The molecule has 0 saturated heterocycles. The van der Waals surface area contributed by atoms with E-state index in [2.05, 4.69) is 26.1 Å². The number of aliphatic imine (C=N–C) groups is 1. The van der Waals surface area contributed by atoms with Gasteiger partial charge in [-0.2, -0.15) is 0 Å².